The van der Waals surface area contributed by atoms with Gasteiger partial charge in [0.1, 0.15) is 11.3 Å². The van der Waals surface area contributed by atoms with Crippen molar-refractivity contribution in [3.05, 3.63) is 83.8 Å². The van der Waals surface area contributed by atoms with Crippen LogP contribution in [0.5, 0.6) is 0 Å². The van der Waals surface area contributed by atoms with Crippen LogP contribution in [-0.2, 0) is 6.54 Å². The summed E-state index contributed by atoms with van der Waals surface area (Å²) in [7, 11) is 0. The van der Waals surface area contributed by atoms with Gasteiger partial charge >= 0.3 is 0 Å². The molecule has 5 nitrogen and oxygen atoms in total. The molecule has 0 radical (unpaired) electrons. The number of nitrogens with zero attached hydrogens (tertiary/aromatic N) is 4. The van der Waals surface area contributed by atoms with Crippen molar-refractivity contribution < 1.29 is 4.79 Å². The molecule has 0 N–H and O–H groups in total. The quantitative estimate of drug-likeness (QED) is 0.540. The summed E-state index contributed by atoms with van der Waals surface area (Å²) in [5, 5.41) is 2.59. The van der Waals surface area contributed by atoms with Crippen molar-refractivity contribution in [1.82, 2.24) is 19.2 Å². The standard InChI is InChI=1S/C24H24N4O/c1-18-6-4-11-23-25-22(17-28(18)23)24(29)27-14-12-26(13-15-27)16-20-9-5-8-19-7-2-3-10-21(19)20/h2-11,17H,12-16H2,1H3. The first-order valence-corrected chi connectivity index (χ1v) is 10.1. The SMILES string of the molecule is Cc1cccc2nc(C(=O)N3CCN(Cc4cccc5ccccc45)CC3)cn12. The lowest BCUT2D eigenvalue weighted by atomic mass is 10.0. The van der Waals surface area contributed by atoms with Gasteiger partial charge in [0.2, 0.25) is 0 Å². The van der Waals surface area contributed by atoms with Crippen LogP contribution in [-0.4, -0.2) is 51.3 Å². The van der Waals surface area contributed by atoms with Gasteiger partial charge in [-0.25, -0.2) is 4.98 Å². The van der Waals surface area contributed by atoms with Crippen molar-refractivity contribution in [2.75, 3.05) is 26.2 Å². The predicted octanol–water partition coefficient (Wildman–Crippen LogP) is 3.75. The molecule has 1 saturated heterocycles. The van der Waals surface area contributed by atoms with Crippen LogP contribution in [0.3, 0.4) is 0 Å². The molecule has 5 heteroatoms. The Morgan fingerprint density at radius 3 is 2.52 bits per heavy atom. The van der Waals surface area contributed by atoms with E-state index in [0.29, 0.717) is 5.69 Å². The number of rotatable bonds is 3. The van der Waals surface area contributed by atoms with E-state index in [1.54, 1.807) is 0 Å². The lowest BCUT2D eigenvalue weighted by Crippen LogP contribution is -2.48. The Labute approximate surface area is 170 Å². The molecule has 0 unspecified atom stereocenters. The highest BCUT2D eigenvalue weighted by Crippen LogP contribution is 2.21. The average Bonchev–Trinajstić information content (AvgIpc) is 3.20. The zero-order chi connectivity index (χ0) is 19.8. The number of benzene rings is 2. The molecule has 0 bridgehead atoms. The monoisotopic (exact) mass is 384 g/mol. The Morgan fingerprint density at radius 1 is 0.931 bits per heavy atom. The van der Waals surface area contributed by atoms with Crippen LogP contribution >= 0.6 is 0 Å². The molecule has 2 aromatic carbocycles. The topological polar surface area (TPSA) is 40.9 Å². The average molecular weight is 384 g/mol. The molecule has 1 aliphatic rings. The Balaban J connectivity index is 1.27. The summed E-state index contributed by atoms with van der Waals surface area (Å²) in [6, 6.07) is 20.9. The van der Waals surface area contributed by atoms with E-state index in [1.165, 1.54) is 16.3 Å². The van der Waals surface area contributed by atoms with E-state index in [0.717, 1.165) is 44.1 Å². The van der Waals surface area contributed by atoms with Gasteiger partial charge in [-0.1, -0.05) is 48.5 Å². The molecule has 1 aliphatic heterocycles. The molecule has 3 heterocycles. The van der Waals surface area contributed by atoms with Gasteiger partial charge < -0.3 is 9.30 Å². The van der Waals surface area contributed by atoms with Crippen molar-refractivity contribution in [1.29, 1.82) is 0 Å². The minimum Gasteiger partial charge on any atom is -0.335 e. The van der Waals surface area contributed by atoms with Crippen LogP contribution < -0.4 is 0 Å². The summed E-state index contributed by atoms with van der Waals surface area (Å²) in [6.45, 7) is 6.15. The van der Waals surface area contributed by atoms with Crippen molar-refractivity contribution in [2.24, 2.45) is 0 Å². The lowest BCUT2D eigenvalue weighted by molar-refractivity contribution is 0.0624. The number of amides is 1. The maximum absolute atomic E-state index is 13.0. The molecular weight excluding hydrogens is 360 g/mol. The summed E-state index contributed by atoms with van der Waals surface area (Å²) in [5.74, 6) is 0.0258. The fourth-order valence-electron chi connectivity index (χ4n) is 4.19. The molecule has 1 fully saturated rings. The summed E-state index contributed by atoms with van der Waals surface area (Å²) in [6.07, 6.45) is 1.86. The van der Waals surface area contributed by atoms with E-state index in [9.17, 15) is 4.79 Å². The van der Waals surface area contributed by atoms with Gasteiger partial charge in [-0.3, -0.25) is 9.69 Å². The third kappa shape index (κ3) is 3.38. The minimum atomic E-state index is 0.0258. The second kappa shape index (κ2) is 7.33. The fourth-order valence-corrected chi connectivity index (χ4v) is 4.19. The third-order valence-corrected chi connectivity index (χ3v) is 5.85. The molecule has 0 aliphatic carbocycles. The highest BCUT2D eigenvalue weighted by Gasteiger charge is 2.24. The van der Waals surface area contributed by atoms with Gasteiger partial charge in [0.05, 0.1) is 0 Å². The molecule has 0 saturated carbocycles. The summed E-state index contributed by atoms with van der Waals surface area (Å²) in [5.41, 5.74) is 3.78. The Hall–Kier alpha value is -3.18. The number of piperazine rings is 1. The maximum atomic E-state index is 13.0. The van der Waals surface area contributed by atoms with E-state index < -0.39 is 0 Å². The summed E-state index contributed by atoms with van der Waals surface area (Å²) in [4.78, 5) is 21.8. The number of carbonyl (C=O) groups excluding carboxylic acids is 1. The molecule has 1 amide bonds. The maximum Gasteiger partial charge on any atom is 0.274 e. The van der Waals surface area contributed by atoms with Crippen LogP contribution in [0, 0.1) is 6.92 Å². The zero-order valence-electron chi connectivity index (χ0n) is 16.6. The van der Waals surface area contributed by atoms with Crippen LogP contribution in [0.1, 0.15) is 21.7 Å². The number of fused-ring (bicyclic) bond motifs is 2. The van der Waals surface area contributed by atoms with Gasteiger partial charge in [-0.15, -0.1) is 0 Å². The number of aromatic nitrogens is 2. The van der Waals surface area contributed by atoms with Crippen LogP contribution in [0.4, 0.5) is 0 Å². The van der Waals surface area contributed by atoms with Crippen molar-refractivity contribution in [2.45, 2.75) is 13.5 Å². The minimum absolute atomic E-state index is 0.0258. The first-order chi connectivity index (χ1) is 14.2. The number of hydrogen-bond acceptors (Lipinski definition) is 3. The van der Waals surface area contributed by atoms with Crippen LogP contribution in [0.15, 0.2) is 66.9 Å². The Bertz CT molecular complexity index is 1180. The highest BCUT2D eigenvalue weighted by molar-refractivity contribution is 5.93. The number of aryl methyl sites for hydroxylation is 1. The van der Waals surface area contributed by atoms with Gasteiger partial charge in [0, 0.05) is 44.6 Å². The van der Waals surface area contributed by atoms with Crippen LogP contribution in [0.25, 0.3) is 16.4 Å². The molecule has 5 rings (SSSR count). The first kappa shape index (κ1) is 17.9. The third-order valence-electron chi connectivity index (χ3n) is 5.85. The number of imidazole rings is 1. The smallest absolute Gasteiger partial charge is 0.274 e. The van der Waals surface area contributed by atoms with Crippen molar-refractivity contribution >= 4 is 22.3 Å². The van der Waals surface area contributed by atoms with Gasteiger partial charge in [-0.05, 0) is 35.4 Å². The van der Waals surface area contributed by atoms with Gasteiger partial charge in [0.25, 0.3) is 5.91 Å². The fraction of sp³-hybridized carbons (Fsp3) is 0.250. The Kier molecular flexibility index (Phi) is 4.52. The molecule has 4 aromatic rings. The van der Waals surface area contributed by atoms with E-state index in [-0.39, 0.29) is 5.91 Å². The first-order valence-electron chi connectivity index (χ1n) is 10.1. The van der Waals surface area contributed by atoms with E-state index in [2.05, 4.69) is 52.3 Å². The Morgan fingerprint density at radius 2 is 1.69 bits per heavy atom. The zero-order valence-corrected chi connectivity index (χ0v) is 16.6. The van der Waals surface area contributed by atoms with Crippen molar-refractivity contribution in [3.63, 3.8) is 0 Å². The predicted molar refractivity (Wildman–Crippen MR) is 115 cm³/mol. The molecule has 0 atom stereocenters. The van der Waals surface area contributed by atoms with E-state index in [4.69, 9.17) is 0 Å². The highest BCUT2D eigenvalue weighted by atomic mass is 16.2. The summed E-state index contributed by atoms with van der Waals surface area (Å²) < 4.78 is 1.98. The molecule has 146 valence electrons. The number of carbonyl (C=O) groups is 1. The van der Waals surface area contributed by atoms with Gasteiger partial charge in [0.15, 0.2) is 0 Å². The number of pyridine rings is 1. The van der Waals surface area contributed by atoms with Crippen molar-refractivity contribution in [3.8, 4) is 0 Å². The summed E-state index contributed by atoms with van der Waals surface area (Å²) >= 11 is 0. The largest absolute Gasteiger partial charge is 0.335 e. The van der Waals surface area contributed by atoms with E-state index in [1.807, 2.05) is 40.6 Å². The second-order valence-electron chi connectivity index (χ2n) is 7.73. The van der Waals surface area contributed by atoms with Gasteiger partial charge in [-0.2, -0.15) is 0 Å². The van der Waals surface area contributed by atoms with E-state index >= 15 is 0 Å². The molecular formula is C24H24N4O. The molecule has 2 aromatic heterocycles. The lowest BCUT2D eigenvalue weighted by Gasteiger charge is -2.34. The second-order valence-corrected chi connectivity index (χ2v) is 7.73. The normalized spacial score (nSPS) is 15.3. The van der Waals surface area contributed by atoms with Crippen LogP contribution in [0.2, 0.25) is 0 Å². The number of hydrogen-bond donors (Lipinski definition) is 0. The molecule has 29 heavy (non-hydrogen) atoms. The molecule has 0 spiro atoms.